The first-order chi connectivity index (χ1) is 8.79. The van der Waals surface area contributed by atoms with Crippen molar-refractivity contribution in [2.45, 2.75) is 18.7 Å². The molecule has 0 aliphatic heterocycles. The zero-order valence-electron chi connectivity index (χ0n) is 9.94. The van der Waals surface area contributed by atoms with E-state index < -0.39 is 10.0 Å². The molecule has 0 fully saturated rings. The van der Waals surface area contributed by atoms with Gasteiger partial charge in [-0.25, -0.2) is 18.4 Å². The van der Waals surface area contributed by atoms with Gasteiger partial charge in [0, 0.05) is 9.75 Å². The normalized spacial score (nSPS) is 11.6. The molecule has 0 saturated carbocycles. The number of nitrogens with one attached hydrogen (secondary N) is 1. The molecule has 0 aromatic carbocycles. The summed E-state index contributed by atoms with van der Waals surface area (Å²) in [4.78, 5) is 9.96. The maximum Gasteiger partial charge on any atom is 0.264 e. The fourth-order valence-electron chi connectivity index (χ4n) is 1.47. The number of halogens is 2. The Balaban J connectivity index is 2.39. The minimum absolute atomic E-state index is 0.159. The van der Waals surface area contributed by atoms with Crippen LogP contribution >= 0.6 is 43.2 Å². The number of hydrogen-bond acceptors (Lipinski definition) is 5. The van der Waals surface area contributed by atoms with E-state index >= 15 is 0 Å². The minimum atomic E-state index is -3.65. The van der Waals surface area contributed by atoms with Crippen LogP contribution in [0.1, 0.15) is 9.75 Å². The van der Waals surface area contributed by atoms with Crippen LogP contribution in [0.5, 0.6) is 0 Å². The lowest BCUT2D eigenvalue weighted by Crippen LogP contribution is -2.15. The Labute approximate surface area is 131 Å². The van der Waals surface area contributed by atoms with Crippen LogP contribution in [-0.2, 0) is 10.0 Å². The fraction of sp³-hybridized carbons (Fsp3) is 0.200. The van der Waals surface area contributed by atoms with Crippen LogP contribution in [0.2, 0.25) is 0 Å². The maximum atomic E-state index is 12.3. The third-order valence-corrected chi connectivity index (χ3v) is 5.71. The number of rotatable bonds is 3. The highest BCUT2D eigenvalue weighted by Gasteiger charge is 2.21. The summed E-state index contributed by atoms with van der Waals surface area (Å²) < 4.78 is 27.8. The molecule has 2 heterocycles. The van der Waals surface area contributed by atoms with E-state index in [0.29, 0.717) is 9.21 Å². The Hall–Kier alpha value is -0.510. The van der Waals surface area contributed by atoms with Crippen LogP contribution in [0.15, 0.2) is 26.4 Å². The van der Waals surface area contributed by atoms with Gasteiger partial charge in [-0.2, -0.15) is 0 Å². The fourth-order valence-corrected chi connectivity index (χ4v) is 5.09. The lowest BCUT2D eigenvalue weighted by Gasteiger charge is -2.07. The molecule has 0 aliphatic carbocycles. The molecule has 1 N–H and O–H groups in total. The average molecular weight is 427 g/mol. The van der Waals surface area contributed by atoms with Gasteiger partial charge in [-0.1, -0.05) is 0 Å². The summed E-state index contributed by atoms with van der Waals surface area (Å²) in [5.74, 6) is 0.159. The van der Waals surface area contributed by atoms with Gasteiger partial charge in [0.05, 0.1) is 6.20 Å². The monoisotopic (exact) mass is 425 g/mol. The number of anilines is 1. The number of hydrogen-bond donors (Lipinski definition) is 1. The van der Waals surface area contributed by atoms with Crippen molar-refractivity contribution in [3.8, 4) is 0 Å². The number of sulfonamides is 1. The number of thiophene rings is 1. The number of aryl methyl sites for hydroxylation is 2. The highest BCUT2D eigenvalue weighted by Crippen LogP contribution is 2.28. The summed E-state index contributed by atoms with van der Waals surface area (Å²) in [5.41, 5.74) is 0. The molecule has 102 valence electrons. The van der Waals surface area contributed by atoms with Gasteiger partial charge in [0.1, 0.15) is 9.50 Å². The molecule has 0 atom stereocenters. The third-order valence-electron chi connectivity index (χ3n) is 2.22. The zero-order valence-corrected chi connectivity index (χ0v) is 14.7. The van der Waals surface area contributed by atoms with Gasteiger partial charge in [0.15, 0.2) is 10.4 Å². The van der Waals surface area contributed by atoms with E-state index in [1.165, 1.54) is 17.5 Å². The van der Waals surface area contributed by atoms with Crippen LogP contribution in [-0.4, -0.2) is 18.4 Å². The summed E-state index contributed by atoms with van der Waals surface area (Å²) in [6.45, 7) is 3.64. The Kier molecular flexibility index (Phi) is 4.29. The molecular weight excluding hydrogens is 418 g/mol. The van der Waals surface area contributed by atoms with Gasteiger partial charge < -0.3 is 0 Å². The Morgan fingerprint density at radius 2 is 2.00 bits per heavy atom. The standard InChI is InChI=1S/C10H9Br2N3O2S2/c1-5-3-7(6(2)18-5)19(16,17)15-10-9(12)14-8(11)4-13-10/h3-4H,1-2H3,(H,13,15). The Bertz CT molecular complexity index is 728. The predicted octanol–water partition coefficient (Wildman–Crippen LogP) is 3.48. The van der Waals surface area contributed by atoms with Gasteiger partial charge in [-0.3, -0.25) is 4.72 Å². The molecule has 5 nitrogen and oxygen atoms in total. The van der Waals surface area contributed by atoms with Crippen molar-refractivity contribution in [3.05, 3.63) is 31.2 Å². The molecule has 0 radical (unpaired) electrons. The minimum Gasteiger partial charge on any atom is -0.261 e. The molecule has 0 aliphatic rings. The first-order valence-corrected chi connectivity index (χ1v) is 8.96. The second kappa shape index (κ2) is 5.47. The first kappa shape index (κ1) is 14.9. The largest absolute Gasteiger partial charge is 0.264 e. The van der Waals surface area contributed by atoms with E-state index in [2.05, 4.69) is 46.5 Å². The van der Waals surface area contributed by atoms with E-state index in [1.54, 1.807) is 13.0 Å². The molecular formula is C10H9Br2N3O2S2. The summed E-state index contributed by atoms with van der Waals surface area (Å²) in [6, 6.07) is 1.64. The molecule has 9 heteroatoms. The second-order valence-electron chi connectivity index (χ2n) is 3.72. The van der Waals surface area contributed by atoms with Crippen LogP contribution in [0.3, 0.4) is 0 Å². The molecule has 0 unspecified atom stereocenters. The highest BCUT2D eigenvalue weighted by molar-refractivity contribution is 9.11. The zero-order chi connectivity index (χ0) is 14.2. The van der Waals surface area contributed by atoms with Gasteiger partial charge in [0.25, 0.3) is 10.0 Å². The molecule has 2 rings (SSSR count). The summed E-state index contributed by atoms with van der Waals surface area (Å²) >= 11 is 7.76. The topological polar surface area (TPSA) is 72.0 Å². The van der Waals surface area contributed by atoms with Crippen molar-refractivity contribution in [2.24, 2.45) is 0 Å². The highest BCUT2D eigenvalue weighted by atomic mass is 79.9. The average Bonchev–Trinajstić information content (AvgIpc) is 2.63. The van der Waals surface area contributed by atoms with E-state index in [1.807, 2.05) is 6.92 Å². The second-order valence-corrected chi connectivity index (χ2v) is 8.39. The van der Waals surface area contributed by atoms with E-state index in [9.17, 15) is 8.42 Å². The molecule has 19 heavy (non-hydrogen) atoms. The molecule has 0 amide bonds. The van der Waals surface area contributed by atoms with Gasteiger partial charge in [-0.05, 0) is 51.8 Å². The van der Waals surface area contributed by atoms with E-state index in [0.717, 1.165) is 9.75 Å². The Morgan fingerprint density at radius 3 is 2.53 bits per heavy atom. The lowest BCUT2D eigenvalue weighted by atomic mass is 10.4. The van der Waals surface area contributed by atoms with E-state index in [-0.39, 0.29) is 10.7 Å². The third kappa shape index (κ3) is 3.33. The van der Waals surface area contributed by atoms with Crippen LogP contribution in [0.25, 0.3) is 0 Å². The van der Waals surface area contributed by atoms with Crippen LogP contribution in [0, 0.1) is 13.8 Å². The van der Waals surface area contributed by atoms with Gasteiger partial charge in [0.2, 0.25) is 0 Å². The Morgan fingerprint density at radius 1 is 1.32 bits per heavy atom. The molecule has 0 bridgehead atoms. The van der Waals surface area contributed by atoms with Crippen molar-refractivity contribution >= 4 is 59.0 Å². The van der Waals surface area contributed by atoms with Crippen molar-refractivity contribution in [1.29, 1.82) is 0 Å². The van der Waals surface area contributed by atoms with E-state index in [4.69, 9.17) is 0 Å². The van der Waals surface area contributed by atoms with Crippen molar-refractivity contribution in [3.63, 3.8) is 0 Å². The van der Waals surface area contributed by atoms with Crippen molar-refractivity contribution in [1.82, 2.24) is 9.97 Å². The molecule has 2 aromatic heterocycles. The number of nitrogens with zero attached hydrogens (tertiary/aromatic N) is 2. The summed E-state index contributed by atoms with van der Waals surface area (Å²) in [6.07, 6.45) is 1.42. The van der Waals surface area contributed by atoms with Crippen molar-refractivity contribution in [2.75, 3.05) is 4.72 Å². The van der Waals surface area contributed by atoms with Gasteiger partial charge >= 0.3 is 0 Å². The molecule has 0 saturated heterocycles. The van der Waals surface area contributed by atoms with Crippen LogP contribution in [0.4, 0.5) is 5.82 Å². The molecule has 0 spiro atoms. The number of aromatic nitrogens is 2. The van der Waals surface area contributed by atoms with Crippen LogP contribution < -0.4 is 4.72 Å². The SMILES string of the molecule is Cc1cc(S(=O)(=O)Nc2ncc(Br)nc2Br)c(C)s1. The molecule has 2 aromatic rings. The summed E-state index contributed by atoms with van der Waals surface area (Å²) in [7, 11) is -3.65. The predicted molar refractivity (Wildman–Crippen MR) is 82.0 cm³/mol. The quantitative estimate of drug-likeness (QED) is 0.815. The summed E-state index contributed by atoms with van der Waals surface area (Å²) in [5, 5.41) is 0. The van der Waals surface area contributed by atoms with Crippen molar-refractivity contribution < 1.29 is 8.42 Å². The lowest BCUT2D eigenvalue weighted by molar-refractivity contribution is 0.601. The smallest absolute Gasteiger partial charge is 0.261 e. The first-order valence-electron chi connectivity index (χ1n) is 5.07. The van der Waals surface area contributed by atoms with Gasteiger partial charge in [-0.15, -0.1) is 11.3 Å². The maximum absolute atomic E-state index is 12.3.